The first kappa shape index (κ1) is 8.18. The van der Waals surface area contributed by atoms with E-state index in [-0.39, 0.29) is 0 Å². The van der Waals surface area contributed by atoms with Crippen molar-refractivity contribution in [3.05, 3.63) is 24.4 Å². The van der Waals surface area contributed by atoms with Gasteiger partial charge in [0.25, 0.3) is 0 Å². The van der Waals surface area contributed by atoms with Crippen molar-refractivity contribution in [2.75, 3.05) is 6.61 Å². The van der Waals surface area contributed by atoms with Crippen molar-refractivity contribution in [1.82, 2.24) is 0 Å². The minimum atomic E-state index is 0.805. The molecule has 0 aliphatic carbocycles. The maximum atomic E-state index is 5.41. The van der Waals surface area contributed by atoms with E-state index in [0.717, 1.165) is 25.2 Å². The van der Waals surface area contributed by atoms with Gasteiger partial charge in [-0.25, -0.2) is 0 Å². The van der Waals surface area contributed by atoms with Gasteiger partial charge in [-0.05, 0) is 12.5 Å². The van der Waals surface area contributed by atoms with Gasteiger partial charge in [-0.1, -0.05) is 13.3 Å². The predicted molar refractivity (Wildman–Crippen MR) is 43.8 cm³/mol. The third kappa shape index (κ3) is 3.12. The van der Waals surface area contributed by atoms with Crippen LogP contribution in [0.4, 0.5) is 0 Å². The highest BCUT2D eigenvalue weighted by molar-refractivity contribution is 5.00. The highest BCUT2D eigenvalue weighted by atomic mass is 16.5. The molecular formula is C9H14O2. The largest absolute Gasteiger partial charge is 0.494 e. The molecule has 0 aromatic heterocycles. The molecule has 0 bridgehead atoms. The molecule has 11 heavy (non-hydrogen) atoms. The standard InChI is InChI=1S/C9H14O2/c1-2-3-7-11-9-5-4-6-10-8-9/h4,6,8H,2-3,5,7H2,1H3. The summed E-state index contributed by atoms with van der Waals surface area (Å²) in [6.07, 6.45) is 8.43. The zero-order valence-corrected chi connectivity index (χ0v) is 6.88. The smallest absolute Gasteiger partial charge is 0.135 e. The van der Waals surface area contributed by atoms with Crippen molar-refractivity contribution in [2.45, 2.75) is 26.2 Å². The van der Waals surface area contributed by atoms with Crippen LogP contribution in [0.2, 0.25) is 0 Å². The molecule has 0 aromatic rings. The Morgan fingerprint density at radius 2 is 2.55 bits per heavy atom. The van der Waals surface area contributed by atoms with Gasteiger partial charge in [-0.2, -0.15) is 0 Å². The van der Waals surface area contributed by atoms with Gasteiger partial charge in [0.15, 0.2) is 0 Å². The van der Waals surface area contributed by atoms with E-state index in [9.17, 15) is 0 Å². The first-order chi connectivity index (χ1) is 5.43. The lowest BCUT2D eigenvalue weighted by Gasteiger charge is -2.09. The van der Waals surface area contributed by atoms with Gasteiger partial charge in [0.2, 0.25) is 0 Å². The molecule has 0 amide bonds. The van der Waals surface area contributed by atoms with Crippen molar-refractivity contribution < 1.29 is 9.47 Å². The molecule has 0 fully saturated rings. The van der Waals surface area contributed by atoms with Gasteiger partial charge >= 0.3 is 0 Å². The van der Waals surface area contributed by atoms with Crippen LogP contribution in [-0.4, -0.2) is 6.61 Å². The molecule has 1 rings (SSSR count). The molecular weight excluding hydrogens is 140 g/mol. The van der Waals surface area contributed by atoms with Gasteiger partial charge in [-0.3, -0.25) is 0 Å². The van der Waals surface area contributed by atoms with Crippen molar-refractivity contribution in [3.63, 3.8) is 0 Å². The van der Waals surface area contributed by atoms with Gasteiger partial charge in [-0.15, -0.1) is 0 Å². The maximum absolute atomic E-state index is 5.41. The van der Waals surface area contributed by atoms with Gasteiger partial charge < -0.3 is 9.47 Å². The number of rotatable bonds is 4. The zero-order valence-electron chi connectivity index (χ0n) is 6.88. The molecule has 2 heteroatoms. The SMILES string of the molecule is CCCCOC1=COC=CC1. The van der Waals surface area contributed by atoms with E-state index < -0.39 is 0 Å². The molecule has 1 heterocycles. The van der Waals surface area contributed by atoms with E-state index in [2.05, 4.69) is 6.92 Å². The second-order valence-corrected chi connectivity index (χ2v) is 2.50. The summed E-state index contributed by atoms with van der Waals surface area (Å²) >= 11 is 0. The second kappa shape index (κ2) is 4.83. The van der Waals surface area contributed by atoms with Crippen molar-refractivity contribution in [3.8, 4) is 0 Å². The zero-order chi connectivity index (χ0) is 7.94. The number of hydrogen-bond acceptors (Lipinski definition) is 2. The van der Waals surface area contributed by atoms with Gasteiger partial charge in [0, 0.05) is 6.42 Å². The monoisotopic (exact) mass is 154 g/mol. The molecule has 0 atom stereocenters. The van der Waals surface area contributed by atoms with E-state index in [1.807, 2.05) is 6.08 Å². The van der Waals surface area contributed by atoms with Crippen molar-refractivity contribution in [1.29, 1.82) is 0 Å². The lowest BCUT2D eigenvalue weighted by molar-refractivity contribution is 0.184. The lowest BCUT2D eigenvalue weighted by Crippen LogP contribution is -1.96. The quantitative estimate of drug-likeness (QED) is 0.579. The fourth-order valence-electron chi connectivity index (χ4n) is 0.824. The van der Waals surface area contributed by atoms with E-state index in [0.29, 0.717) is 0 Å². The normalized spacial score (nSPS) is 15.5. The summed E-state index contributed by atoms with van der Waals surface area (Å²) in [5.41, 5.74) is 0. The Labute approximate surface area is 67.5 Å². The summed E-state index contributed by atoms with van der Waals surface area (Å²) in [5, 5.41) is 0. The van der Waals surface area contributed by atoms with Crippen LogP contribution >= 0.6 is 0 Å². The highest BCUT2D eigenvalue weighted by Crippen LogP contribution is 2.10. The van der Waals surface area contributed by atoms with Crippen LogP contribution in [0, 0.1) is 0 Å². The van der Waals surface area contributed by atoms with Crippen molar-refractivity contribution >= 4 is 0 Å². The molecule has 0 aromatic carbocycles. The molecule has 62 valence electrons. The summed E-state index contributed by atoms with van der Waals surface area (Å²) in [6, 6.07) is 0. The minimum absolute atomic E-state index is 0.805. The van der Waals surface area contributed by atoms with Crippen LogP contribution in [0.15, 0.2) is 24.4 Å². The number of unbranched alkanes of at least 4 members (excludes halogenated alkanes) is 1. The Morgan fingerprint density at radius 1 is 1.64 bits per heavy atom. The van der Waals surface area contributed by atoms with Crippen LogP contribution in [0.3, 0.4) is 0 Å². The maximum Gasteiger partial charge on any atom is 0.135 e. The summed E-state index contributed by atoms with van der Waals surface area (Å²) in [6.45, 7) is 2.95. The first-order valence-corrected chi connectivity index (χ1v) is 4.06. The summed E-state index contributed by atoms with van der Waals surface area (Å²) in [7, 11) is 0. The second-order valence-electron chi connectivity index (χ2n) is 2.50. The van der Waals surface area contributed by atoms with Crippen molar-refractivity contribution in [2.24, 2.45) is 0 Å². The molecule has 0 unspecified atom stereocenters. The van der Waals surface area contributed by atoms with Crippen LogP contribution in [0.1, 0.15) is 26.2 Å². The molecule has 0 saturated carbocycles. The molecule has 2 nitrogen and oxygen atoms in total. The van der Waals surface area contributed by atoms with E-state index in [1.165, 1.54) is 6.42 Å². The van der Waals surface area contributed by atoms with Crippen LogP contribution in [0.5, 0.6) is 0 Å². The van der Waals surface area contributed by atoms with Crippen LogP contribution < -0.4 is 0 Å². The molecule has 0 spiro atoms. The number of allylic oxidation sites excluding steroid dienone is 1. The first-order valence-electron chi connectivity index (χ1n) is 4.06. The molecule has 1 aliphatic heterocycles. The van der Waals surface area contributed by atoms with E-state index in [1.54, 1.807) is 12.5 Å². The Morgan fingerprint density at radius 3 is 3.18 bits per heavy atom. The minimum Gasteiger partial charge on any atom is -0.494 e. The third-order valence-electron chi connectivity index (χ3n) is 1.48. The molecule has 0 N–H and O–H groups in total. The third-order valence-corrected chi connectivity index (χ3v) is 1.48. The van der Waals surface area contributed by atoms with E-state index >= 15 is 0 Å². The summed E-state index contributed by atoms with van der Waals surface area (Å²) in [5.74, 6) is 0.931. The highest BCUT2D eigenvalue weighted by Gasteiger charge is 1.99. The Bertz CT molecular complexity index is 159. The molecule has 0 radical (unpaired) electrons. The number of ether oxygens (including phenoxy) is 2. The summed E-state index contributed by atoms with van der Waals surface area (Å²) in [4.78, 5) is 0. The van der Waals surface area contributed by atoms with Gasteiger partial charge in [0.1, 0.15) is 12.0 Å². The Balaban J connectivity index is 2.11. The Hall–Kier alpha value is -0.920. The topological polar surface area (TPSA) is 18.5 Å². The fourth-order valence-corrected chi connectivity index (χ4v) is 0.824. The Kier molecular flexibility index (Phi) is 3.59. The van der Waals surface area contributed by atoms with Crippen LogP contribution in [0.25, 0.3) is 0 Å². The van der Waals surface area contributed by atoms with Crippen LogP contribution in [-0.2, 0) is 9.47 Å². The molecule has 1 aliphatic rings. The van der Waals surface area contributed by atoms with E-state index in [4.69, 9.17) is 9.47 Å². The summed E-state index contributed by atoms with van der Waals surface area (Å²) < 4.78 is 10.4. The predicted octanol–water partition coefficient (Wildman–Crippen LogP) is 2.58. The average Bonchev–Trinajstić information content (AvgIpc) is 2.07. The lowest BCUT2D eigenvalue weighted by atomic mass is 10.3. The van der Waals surface area contributed by atoms with Gasteiger partial charge in [0.05, 0.1) is 12.9 Å². The number of hydrogen-bond donors (Lipinski definition) is 0. The average molecular weight is 154 g/mol. The fraction of sp³-hybridized carbons (Fsp3) is 0.556. The molecule has 0 saturated heterocycles.